The molecule has 108 valence electrons. The van der Waals surface area contributed by atoms with Crippen LogP contribution in [0.15, 0.2) is 21.6 Å². The van der Waals surface area contributed by atoms with Crippen molar-refractivity contribution in [1.82, 2.24) is 0 Å². The van der Waals surface area contributed by atoms with Crippen molar-refractivity contribution in [2.24, 2.45) is 4.99 Å². The summed E-state index contributed by atoms with van der Waals surface area (Å²) in [5, 5.41) is 4.62. The second-order valence-corrected chi connectivity index (χ2v) is 7.80. The number of rotatable bonds is 1. The zero-order valence-electron chi connectivity index (χ0n) is 12.1. The molecule has 0 bridgehead atoms. The van der Waals surface area contributed by atoms with E-state index in [9.17, 15) is 0 Å². The number of aliphatic imine (C=N–C) groups is 1. The standard InChI is InChI=1S/C16H21BrN2S/c1-11-8-13(9-12(2)14(11)17)18-15-19-16(10-20-15)6-4-3-5-7-16/h8-9H,3-7,10H2,1-2H3,(H,18,19). The van der Waals surface area contributed by atoms with Gasteiger partial charge in [-0.15, -0.1) is 0 Å². The molecular weight excluding hydrogens is 332 g/mol. The van der Waals surface area contributed by atoms with Gasteiger partial charge in [0.1, 0.15) is 0 Å². The average molecular weight is 353 g/mol. The molecule has 1 aliphatic heterocycles. The van der Waals surface area contributed by atoms with E-state index in [-0.39, 0.29) is 5.54 Å². The van der Waals surface area contributed by atoms with E-state index in [1.54, 1.807) is 0 Å². The van der Waals surface area contributed by atoms with E-state index in [0.29, 0.717) is 0 Å². The Labute approximate surface area is 134 Å². The van der Waals surface area contributed by atoms with Crippen LogP contribution in [0.2, 0.25) is 0 Å². The molecule has 1 spiro atoms. The van der Waals surface area contributed by atoms with Gasteiger partial charge in [0.05, 0.1) is 5.54 Å². The molecule has 0 saturated heterocycles. The first kappa shape index (κ1) is 14.5. The van der Waals surface area contributed by atoms with Gasteiger partial charge in [-0.05, 0) is 49.9 Å². The maximum Gasteiger partial charge on any atom is 0.161 e. The van der Waals surface area contributed by atoms with E-state index >= 15 is 0 Å². The highest BCUT2D eigenvalue weighted by Crippen LogP contribution is 2.40. The summed E-state index contributed by atoms with van der Waals surface area (Å²) in [6.07, 6.45) is 6.60. The lowest BCUT2D eigenvalue weighted by atomic mass is 9.84. The Morgan fingerprint density at radius 3 is 2.45 bits per heavy atom. The number of halogens is 1. The second kappa shape index (κ2) is 5.72. The van der Waals surface area contributed by atoms with Crippen molar-refractivity contribution in [2.45, 2.75) is 51.5 Å². The van der Waals surface area contributed by atoms with Crippen LogP contribution in [0.25, 0.3) is 0 Å². The number of hydrogen-bond acceptors (Lipinski definition) is 3. The van der Waals surface area contributed by atoms with E-state index in [1.165, 1.54) is 47.7 Å². The smallest absolute Gasteiger partial charge is 0.161 e. The predicted molar refractivity (Wildman–Crippen MR) is 92.9 cm³/mol. The molecule has 1 aromatic rings. The van der Waals surface area contributed by atoms with Crippen molar-refractivity contribution in [3.8, 4) is 0 Å². The third kappa shape index (κ3) is 2.91. The van der Waals surface area contributed by atoms with Crippen LogP contribution >= 0.6 is 27.7 Å². The highest BCUT2D eigenvalue weighted by molar-refractivity contribution is 9.10. The Balaban J connectivity index is 1.77. The zero-order valence-corrected chi connectivity index (χ0v) is 14.5. The van der Waals surface area contributed by atoms with Gasteiger partial charge in [-0.1, -0.05) is 47.0 Å². The number of hydrogen-bond donors (Lipinski definition) is 1. The van der Waals surface area contributed by atoms with Gasteiger partial charge in [0.2, 0.25) is 0 Å². The Hall–Kier alpha value is -0.480. The van der Waals surface area contributed by atoms with Crippen LogP contribution in [-0.2, 0) is 0 Å². The second-order valence-electron chi connectivity index (χ2n) is 6.04. The molecule has 1 aliphatic carbocycles. The minimum absolute atomic E-state index is 0.241. The zero-order chi connectivity index (χ0) is 14.2. The van der Waals surface area contributed by atoms with Crippen molar-refractivity contribution in [3.63, 3.8) is 0 Å². The van der Waals surface area contributed by atoms with E-state index in [0.717, 1.165) is 16.6 Å². The Morgan fingerprint density at radius 1 is 1.15 bits per heavy atom. The van der Waals surface area contributed by atoms with Crippen LogP contribution < -0.4 is 5.32 Å². The first-order chi connectivity index (χ1) is 9.58. The molecule has 3 rings (SSSR count). The number of benzene rings is 1. The molecule has 2 nitrogen and oxygen atoms in total. The van der Waals surface area contributed by atoms with Crippen LogP contribution in [0.5, 0.6) is 0 Å². The summed E-state index contributed by atoms with van der Waals surface area (Å²) in [5.41, 5.74) is 3.93. The first-order valence-corrected chi connectivity index (χ1v) is 9.12. The van der Waals surface area contributed by atoms with E-state index < -0.39 is 0 Å². The molecule has 1 N–H and O–H groups in total. The summed E-state index contributed by atoms with van der Waals surface area (Å²) < 4.78 is 1.20. The van der Waals surface area contributed by atoms with Crippen molar-refractivity contribution < 1.29 is 0 Å². The number of amidine groups is 1. The first-order valence-electron chi connectivity index (χ1n) is 7.34. The van der Waals surface area contributed by atoms with Gasteiger partial charge in [0.15, 0.2) is 5.17 Å². The molecule has 0 radical (unpaired) electrons. The fourth-order valence-electron chi connectivity index (χ4n) is 3.15. The van der Waals surface area contributed by atoms with Crippen molar-refractivity contribution in [3.05, 3.63) is 27.7 Å². The van der Waals surface area contributed by atoms with Crippen LogP contribution in [0.1, 0.15) is 43.2 Å². The maximum absolute atomic E-state index is 5.01. The van der Waals surface area contributed by atoms with Gasteiger partial charge >= 0.3 is 0 Å². The van der Waals surface area contributed by atoms with Gasteiger partial charge in [-0.2, -0.15) is 0 Å². The molecule has 0 aromatic heterocycles. The molecule has 20 heavy (non-hydrogen) atoms. The minimum atomic E-state index is 0.241. The fraction of sp³-hybridized carbons (Fsp3) is 0.562. The monoisotopic (exact) mass is 352 g/mol. The molecule has 1 saturated carbocycles. The highest BCUT2D eigenvalue weighted by atomic mass is 79.9. The topological polar surface area (TPSA) is 24.4 Å². The summed E-state index contributed by atoms with van der Waals surface area (Å²) in [4.78, 5) is 5.01. The summed E-state index contributed by atoms with van der Waals surface area (Å²) >= 11 is 5.51. The largest absolute Gasteiger partial charge is 0.335 e. The van der Waals surface area contributed by atoms with Crippen molar-refractivity contribution in [2.75, 3.05) is 11.1 Å². The lowest BCUT2D eigenvalue weighted by Crippen LogP contribution is -2.29. The summed E-state index contributed by atoms with van der Waals surface area (Å²) in [6.45, 7) is 4.27. The molecule has 1 heterocycles. The summed E-state index contributed by atoms with van der Waals surface area (Å²) in [5.74, 6) is 1.16. The number of nitrogens with one attached hydrogen (secondary N) is 1. The van der Waals surface area contributed by atoms with Crippen LogP contribution in [-0.4, -0.2) is 16.5 Å². The molecule has 4 heteroatoms. The molecule has 1 fully saturated rings. The van der Waals surface area contributed by atoms with Gasteiger partial charge in [0.25, 0.3) is 0 Å². The van der Waals surface area contributed by atoms with Gasteiger partial charge in [-0.3, -0.25) is 4.99 Å². The lowest BCUT2D eigenvalue weighted by Gasteiger charge is -2.29. The van der Waals surface area contributed by atoms with Crippen molar-refractivity contribution in [1.29, 1.82) is 0 Å². The number of thioether (sulfide) groups is 1. The Bertz CT molecular complexity index is 524. The van der Waals surface area contributed by atoms with Crippen LogP contribution in [0.3, 0.4) is 0 Å². The predicted octanol–water partition coefficient (Wildman–Crippen LogP) is 5.28. The minimum Gasteiger partial charge on any atom is -0.335 e. The maximum atomic E-state index is 5.01. The van der Waals surface area contributed by atoms with Gasteiger partial charge in [-0.25, -0.2) is 0 Å². The SMILES string of the molecule is Cc1cc(NC2=NC3(CCCCC3)CS2)cc(C)c1Br. The number of nitrogens with zero attached hydrogens (tertiary/aromatic N) is 1. The van der Waals surface area contributed by atoms with E-state index in [2.05, 4.69) is 47.2 Å². The average Bonchev–Trinajstić information content (AvgIpc) is 2.79. The fourth-order valence-corrected chi connectivity index (χ4v) is 4.59. The Kier molecular flexibility index (Phi) is 4.14. The normalized spacial score (nSPS) is 21.1. The van der Waals surface area contributed by atoms with Gasteiger partial charge < -0.3 is 5.32 Å². The molecule has 0 amide bonds. The van der Waals surface area contributed by atoms with Crippen LogP contribution in [0.4, 0.5) is 5.69 Å². The molecule has 1 aromatic carbocycles. The summed E-state index contributed by atoms with van der Waals surface area (Å²) in [6, 6.07) is 4.37. The third-order valence-corrected chi connectivity index (χ3v) is 6.69. The quantitative estimate of drug-likeness (QED) is 0.742. The molecule has 2 aliphatic rings. The molecular formula is C16H21BrN2S. The van der Waals surface area contributed by atoms with Crippen molar-refractivity contribution >= 4 is 38.5 Å². The van der Waals surface area contributed by atoms with E-state index in [4.69, 9.17) is 4.99 Å². The Morgan fingerprint density at radius 2 is 1.80 bits per heavy atom. The number of aryl methyl sites for hydroxylation is 2. The lowest BCUT2D eigenvalue weighted by molar-refractivity contribution is 0.335. The molecule has 0 unspecified atom stereocenters. The number of anilines is 1. The third-order valence-electron chi connectivity index (χ3n) is 4.29. The molecule has 0 atom stereocenters. The highest BCUT2D eigenvalue weighted by Gasteiger charge is 2.36. The summed E-state index contributed by atoms with van der Waals surface area (Å²) in [7, 11) is 0. The van der Waals surface area contributed by atoms with Crippen LogP contribution in [0, 0.1) is 13.8 Å². The van der Waals surface area contributed by atoms with E-state index in [1.807, 2.05) is 11.8 Å². The van der Waals surface area contributed by atoms with Gasteiger partial charge in [0, 0.05) is 15.9 Å².